The summed E-state index contributed by atoms with van der Waals surface area (Å²) in [6.07, 6.45) is 5.15. The van der Waals surface area contributed by atoms with E-state index in [9.17, 15) is 9.18 Å². The average molecular weight is 530 g/mol. The Kier molecular flexibility index (Phi) is 8.14. The minimum Gasteiger partial charge on any atom is -0.488 e. The second-order valence-corrected chi connectivity index (χ2v) is 10.4. The van der Waals surface area contributed by atoms with Crippen molar-refractivity contribution >= 4 is 39.0 Å². The Balaban J connectivity index is 1.35. The first kappa shape index (κ1) is 25.8. The van der Waals surface area contributed by atoms with Gasteiger partial charge >= 0.3 is 0 Å². The highest BCUT2D eigenvalue weighted by molar-refractivity contribution is 7.20. The van der Waals surface area contributed by atoms with E-state index in [4.69, 9.17) is 14.2 Å². The van der Waals surface area contributed by atoms with Gasteiger partial charge in [0.2, 0.25) is 0 Å². The maximum atomic E-state index is 14.2. The van der Waals surface area contributed by atoms with Crippen LogP contribution in [0.2, 0.25) is 0 Å². The number of amides is 1. The largest absolute Gasteiger partial charge is 0.488 e. The van der Waals surface area contributed by atoms with Crippen LogP contribution in [0.1, 0.15) is 40.9 Å². The van der Waals surface area contributed by atoms with E-state index >= 15 is 0 Å². The molecule has 3 heterocycles. The fraction of sp³-hybridized carbons (Fsp3) is 0.500. The maximum Gasteiger partial charge on any atom is 0.261 e. The number of aromatic nitrogens is 2. The van der Waals surface area contributed by atoms with E-state index in [0.717, 1.165) is 43.2 Å². The molecule has 0 radical (unpaired) electrons. The van der Waals surface area contributed by atoms with Crippen molar-refractivity contribution in [3.8, 4) is 5.75 Å². The van der Waals surface area contributed by atoms with Crippen LogP contribution < -0.4 is 20.7 Å². The van der Waals surface area contributed by atoms with Crippen molar-refractivity contribution in [2.75, 3.05) is 38.7 Å². The van der Waals surface area contributed by atoms with Crippen molar-refractivity contribution in [1.82, 2.24) is 20.6 Å². The van der Waals surface area contributed by atoms with Gasteiger partial charge in [-0.2, -0.15) is 0 Å². The van der Waals surface area contributed by atoms with Crippen LogP contribution in [0.3, 0.4) is 0 Å². The van der Waals surface area contributed by atoms with Gasteiger partial charge in [0.1, 0.15) is 28.5 Å². The number of aryl methyl sites for hydroxylation is 1. The molecule has 1 aliphatic carbocycles. The lowest BCUT2D eigenvalue weighted by Gasteiger charge is -2.28. The molecule has 11 heteroatoms. The van der Waals surface area contributed by atoms with Crippen LogP contribution >= 0.6 is 11.3 Å². The molecule has 198 valence electrons. The molecule has 1 unspecified atom stereocenters. The van der Waals surface area contributed by atoms with Crippen LogP contribution in [0, 0.1) is 12.7 Å². The van der Waals surface area contributed by atoms with E-state index in [2.05, 4.69) is 25.9 Å². The van der Waals surface area contributed by atoms with Crippen LogP contribution in [0.25, 0.3) is 10.2 Å². The minimum absolute atomic E-state index is 0.0132. The molecule has 1 aromatic carbocycles. The third-order valence-corrected chi connectivity index (χ3v) is 8.07. The van der Waals surface area contributed by atoms with E-state index in [-0.39, 0.29) is 30.0 Å². The van der Waals surface area contributed by atoms with Gasteiger partial charge < -0.3 is 30.2 Å². The van der Waals surface area contributed by atoms with Crippen molar-refractivity contribution in [1.29, 1.82) is 0 Å². The summed E-state index contributed by atoms with van der Waals surface area (Å²) in [5, 5.41) is 10.3. The molecule has 0 spiro atoms. The highest BCUT2D eigenvalue weighted by atomic mass is 32.1. The number of rotatable bonds is 8. The number of carbonyl (C=O) groups is 1. The van der Waals surface area contributed by atoms with Crippen LogP contribution in [-0.4, -0.2) is 67.5 Å². The Hall–Kier alpha value is -2.86. The number of ether oxygens (including phenoxy) is 3. The summed E-state index contributed by atoms with van der Waals surface area (Å²) in [4.78, 5) is 23.1. The van der Waals surface area contributed by atoms with Crippen LogP contribution in [0.4, 0.5) is 15.9 Å². The number of anilines is 2. The molecule has 2 aliphatic rings. The smallest absolute Gasteiger partial charge is 0.261 e. The van der Waals surface area contributed by atoms with Crippen LogP contribution in [0.15, 0.2) is 24.5 Å². The normalized spacial score (nSPS) is 22.1. The lowest BCUT2D eigenvalue weighted by molar-refractivity contribution is 0.0287. The Morgan fingerprint density at radius 1 is 1.24 bits per heavy atom. The fourth-order valence-electron chi connectivity index (χ4n) is 4.81. The van der Waals surface area contributed by atoms with Gasteiger partial charge in [-0.15, -0.1) is 11.3 Å². The Morgan fingerprint density at radius 3 is 2.81 bits per heavy atom. The Morgan fingerprint density at radius 2 is 2.05 bits per heavy atom. The molecule has 3 aromatic rings. The monoisotopic (exact) mass is 529 g/mol. The lowest BCUT2D eigenvalue weighted by atomic mass is 9.95. The zero-order chi connectivity index (χ0) is 25.8. The number of nitrogens with one attached hydrogen (secondary N) is 3. The lowest BCUT2D eigenvalue weighted by Crippen LogP contribution is -2.45. The molecule has 9 nitrogen and oxygen atoms in total. The number of morpholine rings is 1. The van der Waals surface area contributed by atoms with E-state index in [0.29, 0.717) is 46.7 Å². The van der Waals surface area contributed by atoms with Gasteiger partial charge in [-0.05, 0) is 50.3 Å². The molecule has 3 N–H and O–H groups in total. The number of carbonyl (C=O) groups excluding carboxylic acids is 1. The van der Waals surface area contributed by atoms with Gasteiger partial charge in [0, 0.05) is 32.8 Å². The van der Waals surface area contributed by atoms with Crippen LogP contribution in [0.5, 0.6) is 5.75 Å². The van der Waals surface area contributed by atoms with Gasteiger partial charge in [-0.1, -0.05) is 0 Å². The van der Waals surface area contributed by atoms with Crippen molar-refractivity contribution in [2.24, 2.45) is 0 Å². The molecule has 1 amide bonds. The number of methoxy groups -OCH3 is 1. The first-order chi connectivity index (χ1) is 18.0. The zero-order valence-electron chi connectivity index (χ0n) is 21.0. The standard InChI is InChI=1S/C26H32FN5O4S/c1-15-22-24(30-14-31-26(22)37-23(15)25(33)29-13-19-12-28-9-10-35-19)32-20-8-3-16(27)11-21(20)36-18-6-4-17(34-2)5-7-18/h3,8,11,14,17-19,28H,4-7,9-10,12-13H2,1-2H3,(H,29,33)(H,30,31,32)/t17-,18-,19?. The highest BCUT2D eigenvalue weighted by Crippen LogP contribution is 2.37. The summed E-state index contributed by atoms with van der Waals surface area (Å²) in [7, 11) is 1.73. The number of nitrogens with zero attached hydrogens (tertiary/aromatic N) is 2. The molecule has 2 fully saturated rings. The summed E-state index contributed by atoms with van der Waals surface area (Å²) in [6.45, 7) is 4.48. The molecule has 1 aliphatic heterocycles. The molecular weight excluding hydrogens is 497 g/mol. The topological polar surface area (TPSA) is 107 Å². The van der Waals surface area contributed by atoms with Gasteiger partial charge in [-0.25, -0.2) is 14.4 Å². The minimum atomic E-state index is -0.373. The van der Waals surface area contributed by atoms with Crippen LogP contribution in [-0.2, 0) is 9.47 Å². The third kappa shape index (κ3) is 6.01. The highest BCUT2D eigenvalue weighted by Gasteiger charge is 2.24. The number of halogens is 1. The van der Waals surface area contributed by atoms with Crippen molar-refractivity contribution in [3.63, 3.8) is 0 Å². The average Bonchev–Trinajstić information content (AvgIpc) is 3.27. The van der Waals surface area contributed by atoms with Crippen molar-refractivity contribution < 1.29 is 23.4 Å². The number of fused-ring (bicyclic) bond motifs is 1. The second kappa shape index (κ2) is 11.7. The number of benzene rings is 1. The second-order valence-electron chi connectivity index (χ2n) is 9.38. The maximum absolute atomic E-state index is 14.2. The van der Waals surface area contributed by atoms with Gasteiger partial charge in [-0.3, -0.25) is 4.79 Å². The Bertz CT molecular complexity index is 1240. The van der Waals surface area contributed by atoms with Crippen molar-refractivity contribution in [2.45, 2.75) is 50.9 Å². The zero-order valence-corrected chi connectivity index (χ0v) is 21.8. The van der Waals surface area contributed by atoms with E-state index in [1.807, 2.05) is 6.92 Å². The number of thiophene rings is 1. The predicted octanol–water partition coefficient (Wildman–Crippen LogP) is 3.94. The predicted molar refractivity (Wildman–Crippen MR) is 140 cm³/mol. The molecule has 1 saturated heterocycles. The fourth-order valence-corrected chi connectivity index (χ4v) is 5.88. The molecule has 2 aromatic heterocycles. The van der Waals surface area contributed by atoms with E-state index in [1.165, 1.54) is 29.8 Å². The van der Waals surface area contributed by atoms with Gasteiger partial charge in [0.25, 0.3) is 5.91 Å². The van der Waals surface area contributed by atoms with Crippen molar-refractivity contribution in [3.05, 3.63) is 40.8 Å². The molecular formula is C26H32FN5O4S. The summed E-state index contributed by atoms with van der Waals surface area (Å²) < 4.78 is 31.5. The Labute approximate surface area is 219 Å². The molecule has 37 heavy (non-hydrogen) atoms. The summed E-state index contributed by atoms with van der Waals surface area (Å²) in [6, 6.07) is 4.43. The van der Waals surface area contributed by atoms with Gasteiger partial charge in [0.15, 0.2) is 0 Å². The summed E-state index contributed by atoms with van der Waals surface area (Å²) in [5.74, 6) is 0.427. The molecule has 5 rings (SSSR count). The third-order valence-electron chi connectivity index (χ3n) is 6.87. The quantitative estimate of drug-likeness (QED) is 0.403. The SMILES string of the molecule is CO[C@H]1CC[C@H](Oc2cc(F)ccc2Nc2ncnc3sc(C(=O)NCC4CNCCO4)c(C)c23)CC1. The first-order valence-corrected chi connectivity index (χ1v) is 13.4. The van der Waals surface area contributed by atoms with E-state index in [1.54, 1.807) is 13.2 Å². The molecule has 0 bridgehead atoms. The number of hydrogen-bond donors (Lipinski definition) is 3. The summed E-state index contributed by atoms with van der Waals surface area (Å²) in [5.41, 5.74) is 1.39. The molecule has 1 atom stereocenters. The number of hydrogen-bond acceptors (Lipinski definition) is 9. The van der Waals surface area contributed by atoms with Gasteiger partial charge in [0.05, 0.1) is 40.9 Å². The summed E-state index contributed by atoms with van der Waals surface area (Å²) >= 11 is 1.32. The first-order valence-electron chi connectivity index (χ1n) is 12.6. The van der Waals surface area contributed by atoms with E-state index < -0.39 is 0 Å². The molecule has 1 saturated carbocycles.